The molecule has 0 spiro atoms. The largest absolute Gasteiger partial charge is 0.507 e. The van der Waals surface area contributed by atoms with Crippen LogP contribution in [0.1, 0.15) is 5.56 Å². The van der Waals surface area contributed by atoms with Crippen molar-refractivity contribution in [3.05, 3.63) is 53.8 Å². The number of aryl methyl sites for hydroxylation is 1. The summed E-state index contributed by atoms with van der Waals surface area (Å²) in [5.41, 5.74) is 0.704. The fourth-order valence-corrected chi connectivity index (χ4v) is 2.83. The number of hydrogen-bond acceptors (Lipinski definition) is 3. The molecule has 0 radical (unpaired) electrons. The zero-order valence-electron chi connectivity index (χ0n) is 10.1. The predicted octanol–water partition coefficient (Wildman–Crippen LogP) is 2.64. The molecule has 2 rings (SSSR count). The molecule has 0 saturated heterocycles. The average Bonchev–Trinajstić information content (AvgIpc) is 2.26. The summed E-state index contributed by atoms with van der Waals surface area (Å²) < 4.78 is 39.5. The van der Waals surface area contributed by atoms with E-state index in [4.69, 9.17) is 0 Å². The third kappa shape index (κ3) is 3.03. The summed E-state index contributed by atoms with van der Waals surface area (Å²) in [7, 11) is -3.94. The minimum Gasteiger partial charge on any atom is -0.507 e. The number of rotatable bonds is 3. The molecule has 4 nitrogen and oxygen atoms in total. The molecule has 6 heteroatoms. The molecule has 0 aliphatic rings. The Hall–Kier alpha value is -2.08. The summed E-state index contributed by atoms with van der Waals surface area (Å²) >= 11 is 0. The molecule has 0 atom stereocenters. The van der Waals surface area contributed by atoms with Crippen LogP contribution in [0.3, 0.4) is 0 Å². The molecular formula is C13H12FNO3S. The van der Waals surface area contributed by atoms with Crippen molar-refractivity contribution >= 4 is 15.7 Å². The fourth-order valence-electron chi connectivity index (χ4n) is 1.69. The lowest BCUT2D eigenvalue weighted by Crippen LogP contribution is -2.13. The minimum atomic E-state index is -3.94. The quantitative estimate of drug-likeness (QED) is 0.909. The smallest absolute Gasteiger partial charge is 0.265 e. The van der Waals surface area contributed by atoms with E-state index in [9.17, 15) is 17.9 Å². The van der Waals surface area contributed by atoms with Gasteiger partial charge in [-0.1, -0.05) is 12.1 Å². The van der Waals surface area contributed by atoms with Gasteiger partial charge in [0, 0.05) is 0 Å². The number of anilines is 1. The molecule has 0 unspecified atom stereocenters. The van der Waals surface area contributed by atoms with Crippen molar-refractivity contribution in [1.29, 1.82) is 0 Å². The van der Waals surface area contributed by atoms with Crippen LogP contribution in [-0.2, 0) is 10.0 Å². The van der Waals surface area contributed by atoms with Gasteiger partial charge in [0.25, 0.3) is 10.0 Å². The van der Waals surface area contributed by atoms with Crippen molar-refractivity contribution in [1.82, 2.24) is 0 Å². The van der Waals surface area contributed by atoms with Crippen LogP contribution < -0.4 is 4.72 Å². The first-order valence-corrected chi connectivity index (χ1v) is 6.95. The molecule has 0 amide bonds. The van der Waals surface area contributed by atoms with Crippen molar-refractivity contribution in [2.75, 3.05) is 4.72 Å². The van der Waals surface area contributed by atoms with Gasteiger partial charge in [-0.3, -0.25) is 4.72 Å². The minimum absolute atomic E-state index is 0.112. The van der Waals surface area contributed by atoms with Crippen molar-refractivity contribution in [2.45, 2.75) is 11.8 Å². The lowest BCUT2D eigenvalue weighted by molar-refractivity contribution is 0.459. The highest BCUT2D eigenvalue weighted by Crippen LogP contribution is 2.24. The van der Waals surface area contributed by atoms with Crippen LogP contribution in [0.15, 0.2) is 47.4 Å². The van der Waals surface area contributed by atoms with E-state index in [1.54, 1.807) is 6.92 Å². The molecule has 100 valence electrons. The van der Waals surface area contributed by atoms with Crippen molar-refractivity contribution in [2.24, 2.45) is 0 Å². The first kappa shape index (κ1) is 13.4. The van der Waals surface area contributed by atoms with E-state index in [0.29, 0.717) is 5.56 Å². The third-order valence-corrected chi connectivity index (χ3v) is 3.88. The third-order valence-electron chi connectivity index (χ3n) is 2.45. The second-order valence-corrected chi connectivity index (χ2v) is 5.74. The first-order valence-electron chi connectivity index (χ1n) is 5.46. The van der Waals surface area contributed by atoms with Gasteiger partial charge < -0.3 is 5.11 Å². The van der Waals surface area contributed by atoms with E-state index in [0.717, 1.165) is 6.07 Å². The second kappa shape index (κ2) is 4.89. The molecule has 2 aromatic carbocycles. The van der Waals surface area contributed by atoms with Crippen LogP contribution in [0.2, 0.25) is 0 Å². The Kier molecular flexibility index (Phi) is 3.44. The zero-order valence-corrected chi connectivity index (χ0v) is 10.9. The topological polar surface area (TPSA) is 66.4 Å². The monoisotopic (exact) mass is 281 g/mol. The molecule has 0 aliphatic heterocycles. The summed E-state index contributed by atoms with van der Waals surface area (Å²) in [5.74, 6) is -0.891. The van der Waals surface area contributed by atoms with E-state index in [1.165, 1.54) is 36.4 Å². The van der Waals surface area contributed by atoms with E-state index < -0.39 is 15.8 Å². The molecule has 2 N–H and O–H groups in total. The van der Waals surface area contributed by atoms with Crippen molar-refractivity contribution in [3.63, 3.8) is 0 Å². The highest BCUT2D eigenvalue weighted by atomic mass is 32.2. The van der Waals surface area contributed by atoms with Gasteiger partial charge in [-0.25, -0.2) is 12.8 Å². The number of sulfonamides is 1. The summed E-state index contributed by atoms with van der Waals surface area (Å²) in [5, 5.41) is 9.54. The molecule has 0 bridgehead atoms. The Morgan fingerprint density at radius 2 is 1.84 bits per heavy atom. The molecule has 0 aliphatic carbocycles. The maximum atomic E-state index is 13.2. The lowest BCUT2D eigenvalue weighted by Gasteiger charge is -2.10. The summed E-state index contributed by atoms with van der Waals surface area (Å²) in [6.07, 6.45) is 0. The van der Waals surface area contributed by atoms with E-state index in [2.05, 4.69) is 4.72 Å². The normalized spacial score (nSPS) is 11.3. The standard InChI is InChI=1S/C13H12FNO3S/c1-9-6-10(14)8-11(7-9)15-19(17,18)13-5-3-2-4-12(13)16/h2-8,15-16H,1H3. The van der Waals surface area contributed by atoms with Crippen LogP contribution in [0.4, 0.5) is 10.1 Å². The molecule has 19 heavy (non-hydrogen) atoms. The van der Waals surface area contributed by atoms with Crippen LogP contribution in [-0.4, -0.2) is 13.5 Å². The van der Waals surface area contributed by atoms with Gasteiger partial charge in [0.15, 0.2) is 0 Å². The summed E-state index contributed by atoms with van der Waals surface area (Å²) in [6.45, 7) is 1.65. The fraction of sp³-hybridized carbons (Fsp3) is 0.0769. The molecule has 0 aromatic heterocycles. The SMILES string of the molecule is Cc1cc(F)cc(NS(=O)(=O)c2ccccc2O)c1. The number of phenols is 1. The molecule has 0 heterocycles. The van der Waals surface area contributed by atoms with Gasteiger partial charge >= 0.3 is 0 Å². The number of hydrogen-bond donors (Lipinski definition) is 2. The van der Waals surface area contributed by atoms with Gasteiger partial charge in [0.05, 0.1) is 5.69 Å². The van der Waals surface area contributed by atoms with Crippen molar-refractivity contribution in [3.8, 4) is 5.75 Å². The number of phenolic OH excluding ortho intramolecular Hbond substituents is 1. The van der Waals surface area contributed by atoms with E-state index >= 15 is 0 Å². The predicted molar refractivity (Wildman–Crippen MR) is 70.1 cm³/mol. The van der Waals surface area contributed by atoms with E-state index in [1.807, 2.05) is 0 Å². The lowest BCUT2D eigenvalue weighted by atomic mass is 10.2. The number of aromatic hydroxyl groups is 1. The maximum absolute atomic E-state index is 13.2. The highest BCUT2D eigenvalue weighted by Gasteiger charge is 2.18. The van der Waals surface area contributed by atoms with Gasteiger partial charge in [0.1, 0.15) is 16.5 Å². The number of halogens is 1. The number of para-hydroxylation sites is 1. The number of benzene rings is 2. The highest BCUT2D eigenvalue weighted by molar-refractivity contribution is 7.92. The first-order chi connectivity index (χ1) is 8.88. The Morgan fingerprint density at radius 3 is 2.47 bits per heavy atom. The molecule has 0 saturated carbocycles. The van der Waals surface area contributed by atoms with Gasteiger partial charge in [-0.05, 0) is 42.8 Å². The Bertz CT molecular complexity index is 693. The van der Waals surface area contributed by atoms with Crippen LogP contribution >= 0.6 is 0 Å². The van der Waals surface area contributed by atoms with Crippen LogP contribution in [0, 0.1) is 12.7 Å². The molecule has 0 fully saturated rings. The van der Waals surface area contributed by atoms with Crippen molar-refractivity contribution < 1.29 is 17.9 Å². The summed E-state index contributed by atoms with van der Waals surface area (Å²) in [4.78, 5) is -0.253. The summed E-state index contributed by atoms with van der Waals surface area (Å²) in [6, 6.07) is 9.41. The second-order valence-electron chi connectivity index (χ2n) is 4.09. The average molecular weight is 281 g/mol. The van der Waals surface area contributed by atoms with Crippen LogP contribution in [0.25, 0.3) is 0 Å². The Labute approximate surface area is 110 Å². The van der Waals surface area contributed by atoms with Gasteiger partial charge in [-0.2, -0.15) is 0 Å². The Balaban J connectivity index is 2.39. The van der Waals surface area contributed by atoms with E-state index in [-0.39, 0.29) is 16.3 Å². The molecular weight excluding hydrogens is 269 g/mol. The maximum Gasteiger partial charge on any atom is 0.265 e. The van der Waals surface area contributed by atoms with Gasteiger partial charge in [0.2, 0.25) is 0 Å². The number of nitrogens with one attached hydrogen (secondary N) is 1. The van der Waals surface area contributed by atoms with Crippen LogP contribution in [0.5, 0.6) is 5.75 Å². The molecule has 2 aromatic rings. The van der Waals surface area contributed by atoms with Gasteiger partial charge in [-0.15, -0.1) is 0 Å². The Morgan fingerprint density at radius 1 is 1.16 bits per heavy atom. The zero-order chi connectivity index (χ0) is 14.0.